The Labute approximate surface area is 179 Å². The van der Waals surface area contributed by atoms with Gasteiger partial charge in [-0.25, -0.2) is 0 Å². The fourth-order valence-electron chi connectivity index (χ4n) is 4.03. The SMILES string of the molecule is Cc1cc(Cl)cc(O)c1-c1nnc(NC2CCCN(CC(N)=O)C2)c2ncccc12. The number of hydrogen-bond acceptors (Lipinski definition) is 7. The van der Waals surface area contributed by atoms with E-state index in [1.807, 2.05) is 24.0 Å². The average Bonchev–Trinajstić information content (AvgIpc) is 2.68. The van der Waals surface area contributed by atoms with Gasteiger partial charge in [-0.3, -0.25) is 14.7 Å². The minimum absolute atomic E-state index is 0.0505. The summed E-state index contributed by atoms with van der Waals surface area (Å²) in [5.41, 5.74) is 7.94. The maximum Gasteiger partial charge on any atom is 0.231 e. The number of aryl methyl sites for hydroxylation is 1. The predicted molar refractivity (Wildman–Crippen MR) is 116 cm³/mol. The van der Waals surface area contributed by atoms with Gasteiger partial charge in [-0.1, -0.05) is 11.6 Å². The van der Waals surface area contributed by atoms with Crippen LogP contribution in [0.3, 0.4) is 0 Å². The summed E-state index contributed by atoms with van der Waals surface area (Å²) in [6.07, 6.45) is 3.61. The molecule has 156 valence electrons. The molecule has 2 aromatic heterocycles. The molecule has 0 bridgehead atoms. The second-order valence-electron chi connectivity index (χ2n) is 7.60. The molecular weight excluding hydrogens is 404 g/mol. The van der Waals surface area contributed by atoms with Crippen LogP contribution in [0.25, 0.3) is 22.2 Å². The predicted octanol–water partition coefficient (Wildman–Crippen LogP) is 2.72. The van der Waals surface area contributed by atoms with E-state index >= 15 is 0 Å². The smallest absolute Gasteiger partial charge is 0.231 e. The molecule has 9 heteroatoms. The average molecular weight is 427 g/mol. The van der Waals surface area contributed by atoms with E-state index in [0.717, 1.165) is 30.3 Å². The van der Waals surface area contributed by atoms with Crippen molar-refractivity contribution in [1.82, 2.24) is 20.1 Å². The Balaban J connectivity index is 1.69. The zero-order chi connectivity index (χ0) is 21.3. The molecule has 4 N–H and O–H groups in total. The summed E-state index contributed by atoms with van der Waals surface area (Å²) in [6.45, 7) is 3.65. The highest BCUT2D eigenvalue weighted by Crippen LogP contribution is 2.38. The number of benzene rings is 1. The Morgan fingerprint density at radius 1 is 1.40 bits per heavy atom. The fraction of sp³-hybridized carbons (Fsp3) is 0.333. The highest BCUT2D eigenvalue weighted by atomic mass is 35.5. The van der Waals surface area contributed by atoms with Crippen LogP contribution >= 0.6 is 11.6 Å². The lowest BCUT2D eigenvalue weighted by molar-refractivity contribution is -0.119. The third kappa shape index (κ3) is 4.15. The zero-order valence-electron chi connectivity index (χ0n) is 16.6. The number of piperidine rings is 1. The molecular formula is C21H23ClN6O2. The van der Waals surface area contributed by atoms with Gasteiger partial charge in [0.1, 0.15) is 17.0 Å². The number of aromatic nitrogens is 3. The summed E-state index contributed by atoms with van der Waals surface area (Å²) in [6, 6.07) is 7.12. The van der Waals surface area contributed by atoms with Gasteiger partial charge < -0.3 is 16.2 Å². The zero-order valence-corrected chi connectivity index (χ0v) is 17.4. The molecule has 4 rings (SSSR count). The molecule has 1 aromatic carbocycles. The number of nitrogens with two attached hydrogens (primary N) is 1. The van der Waals surface area contributed by atoms with Crippen LogP contribution in [0.4, 0.5) is 5.82 Å². The molecule has 1 unspecified atom stereocenters. The number of aromatic hydroxyl groups is 1. The third-order valence-electron chi connectivity index (χ3n) is 5.28. The van der Waals surface area contributed by atoms with Crippen LogP contribution in [0.5, 0.6) is 5.75 Å². The third-order valence-corrected chi connectivity index (χ3v) is 5.50. The van der Waals surface area contributed by atoms with E-state index in [0.29, 0.717) is 34.2 Å². The first kappa shape index (κ1) is 20.3. The number of phenols is 1. The molecule has 30 heavy (non-hydrogen) atoms. The number of hydrogen-bond donors (Lipinski definition) is 3. The number of pyridine rings is 1. The first-order chi connectivity index (χ1) is 14.4. The first-order valence-corrected chi connectivity index (χ1v) is 10.2. The lowest BCUT2D eigenvalue weighted by Crippen LogP contribution is -2.45. The molecule has 1 saturated heterocycles. The van der Waals surface area contributed by atoms with Gasteiger partial charge in [0.2, 0.25) is 5.91 Å². The molecule has 1 amide bonds. The van der Waals surface area contributed by atoms with Crippen molar-refractivity contribution in [2.45, 2.75) is 25.8 Å². The van der Waals surface area contributed by atoms with E-state index in [1.165, 1.54) is 6.07 Å². The number of primary amides is 1. The molecule has 3 heterocycles. The second-order valence-corrected chi connectivity index (χ2v) is 8.03. The van der Waals surface area contributed by atoms with Crippen LogP contribution in [0.2, 0.25) is 5.02 Å². The minimum Gasteiger partial charge on any atom is -0.507 e. The largest absolute Gasteiger partial charge is 0.507 e. The van der Waals surface area contributed by atoms with Gasteiger partial charge in [0.05, 0.1) is 6.54 Å². The summed E-state index contributed by atoms with van der Waals surface area (Å²) in [7, 11) is 0. The molecule has 3 aromatic rings. The van der Waals surface area contributed by atoms with Crippen molar-refractivity contribution in [2.75, 3.05) is 25.0 Å². The molecule has 1 atom stereocenters. The van der Waals surface area contributed by atoms with Crippen LogP contribution in [-0.2, 0) is 4.79 Å². The van der Waals surface area contributed by atoms with E-state index in [1.54, 1.807) is 12.3 Å². The number of likely N-dealkylation sites (tertiary alicyclic amines) is 1. The fourth-order valence-corrected chi connectivity index (χ4v) is 4.30. The van der Waals surface area contributed by atoms with Gasteiger partial charge in [0, 0.05) is 34.8 Å². The lowest BCUT2D eigenvalue weighted by atomic mass is 10.0. The maximum absolute atomic E-state index is 11.3. The van der Waals surface area contributed by atoms with Gasteiger partial charge in [-0.15, -0.1) is 10.2 Å². The summed E-state index contributed by atoms with van der Waals surface area (Å²) in [5, 5.41) is 24.0. The normalized spacial score (nSPS) is 17.2. The summed E-state index contributed by atoms with van der Waals surface area (Å²) in [4.78, 5) is 17.8. The summed E-state index contributed by atoms with van der Waals surface area (Å²) in [5.74, 6) is 0.297. The van der Waals surface area contributed by atoms with Crippen molar-refractivity contribution in [3.63, 3.8) is 0 Å². The number of nitrogens with zero attached hydrogens (tertiary/aromatic N) is 4. The Morgan fingerprint density at radius 3 is 3.00 bits per heavy atom. The van der Waals surface area contributed by atoms with Crippen molar-refractivity contribution in [2.24, 2.45) is 5.73 Å². The Hall–Kier alpha value is -2.97. The van der Waals surface area contributed by atoms with E-state index in [4.69, 9.17) is 17.3 Å². The van der Waals surface area contributed by atoms with Crippen LogP contribution in [0, 0.1) is 6.92 Å². The maximum atomic E-state index is 11.3. The highest BCUT2D eigenvalue weighted by molar-refractivity contribution is 6.31. The molecule has 0 saturated carbocycles. The van der Waals surface area contributed by atoms with Crippen molar-refractivity contribution < 1.29 is 9.90 Å². The number of nitrogens with one attached hydrogen (secondary N) is 1. The number of anilines is 1. The number of amides is 1. The van der Waals surface area contributed by atoms with Crippen LogP contribution in [0.15, 0.2) is 30.5 Å². The standard InChI is InChI=1S/C21H23ClN6O2/c1-12-8-13(22)9-16(29)18(12)19-15-5-2-6-24-20(15)21(27-26-19)25-14-4-3-7-28(10-14)11-17(23)30/h2,5-6,8-9,14,29H,3-4,7,10-11H2,1H3,(H2,23,30)(H,25,27). The number of halogens is 1. The highest BCUT2D eigenvalue weighted by Gasteiger charge is 2.23. The Morgan fingerprint density at radius 2 is 2.23 bits per heavy atom. The summed E-state index contributed by atoms with van der Waals surface area (Å²) < 4.78 is 0. The van der Waals surface area contributed by atoms with Crippen molar-refractivity contribution in [3.05, 3.63) is 41.0 Å². The van der Waals surface area contributed by atoms with Gasteiger partial charge >= 0.3 is 0 Å². The molecule has 0 spiro atoms. The van der Waals surface area contributed by atoms with Crippen molar-refractivity contribution in [3.8, 4) is 17.0 Å². The van der Waals surface area contributed by atoms with Gasteiger partial charge in [0.25, 0.3) is 0 Å². The monoisotopic (exact) mass is 426 g/mol. The minimum atomic E-state index is -0.329. The quantitative estimate of drug-likeness (QED) is 0.574. The Kier molecular flexibility index (Phi) is 5.69. The Bertz CT molecular complexity index is 1080. The van der Waals surface area contributed by atoms with Crippen molar-refractivity contribution >= 4 is 34.2 Å². The number of carbonyl (C=O) groups excluding carboxylic acids is 1. The molecule has 0 radical (unpaired) electrons. The second kappa shape index (κ2) is 8.41. The van der Waals surface area contributed by atoms with E-state index < -0.39 is 0 Å². The molecule has 1 aliphatic heterocycles. The molecule has 0 aliphatic carbocycles. The van der Waals surface area contributed by atoms with E-state index in [-0.39, 0.29) is 24.2 Å². The molecule has 1 aliphatic rings. The first-order valence-electron chi connectivity index (χ1n) is 9.80. The number of carbonyl (C=O) groups is 1. The van der Waals surface area contributed by atoms with Gasteiger partial charge in [0.15, 0.2) is 5.82 Å². The van der Waals surface area contributed by atoms with Crippen LogP contribution in [-0.4, -0.2) is 56.8 Å². The van der Waals surface area contributed by atoms with Crippen LogP contribution in [0.1, 0.15) is 18.4 Å². The lowest BCUT2D eigenvalue weighted by Gasteiger charge is -2.32. The van der Waals surface area contributed by atoms with E-state index in [9.17, 15) is 9.90 Å². The van der Waals surface area contributed by atoms with E-state index in [2.05, 4.69) is 20.5 Å². The van der Waals surface area contributed by atoms with Crippen molar-refractivity contribution in [1.29, 1.82) is 0 Å². The molecule has 8 nitrogen and oxygen atoms in total. The number of fused-ring (bicyclic) bond motifs is 1. The topological polar surface area (TPSA) is 117 Å². The number of phenolic OH excluding ortho intramolecular Hbond substituents is 1. The van der Waals surface area contributed by atoms with Crippen LogP contribution < -0.4 is 11.1 Å². The number of rotatable bonds is 5. The van der Waals surface area contributed by atoms with Gasteiger partial charge in [-0.2, -0.15) is 0 Å². The van der Waals surface area contributed by atoms with Gasteiger partial charge in [-0.05, 0) is 56.1 Å². The summed E-state index contributed by atoms with van der Waals surface area (Å²) >= 11 is 6.05. The molecule has 1 fully saturated rings.